The number of anilines is 1. The first-order valence-electron chi connectivity index (χ1n) is 7.15. The fourth-order valence-electron chi connectivity index (χ4n) is 2.40. The lowest BCUT2D eigenvalue weighted by molar-refractivity contribution is 0.0723. The van der Waals surface area contributed by atoms with E-state index in [2.05, 4.69) is 5.32 Å². The molecule has 2 rings (SSSR count). The van der Waals surface area contributed by atoms with E-state index in [1.807, 2.05) is 6.92 Å². The van der Waals surface area contributed by atoms with E-state index >= 15 is 0 Å². The van der Waals surface area contributed by atoms with E-state index in [4.69, 9.17) is 0 Å². The van der Waals surface area contributed by atoms with Crippen LogP contribution in [0.2, 0.25) is 0 Å². The number of nitrogens with zero attached hydrogens (tertiary/aromatic N) is 1. The van der Waals surface area contributed by atoms with Crippen LogP contribution in [-0.4, -0.2) is 30.4 Å². The van der Waals surface area contributed by atoms with Gasteiger partial charge >= 0.3 is 0 Å². The van der Waals surface area contributed by atoms with Gasteiger partial charge in [-0.1, -0.05) is 6.92 Å². The summed E-state index contributed by atoms with van der Waals surface area (Å²) in [4.78, 5) is 13.9. The number of rotatable bonds is 4. The number of amides is 1. The molecule has 1 aromatic carbocycles. The molecule has 1 aliphatic heterocycles. The molecule has 1 aromatic rings. The lowest BCUT2D eigenvalue weighted by Crippen LogP contribution is -2.35. The van der Waals surface area contributed by atoms with Gasteiger partial charge in [-0.25, -0.2) is 8.78 Å². The molecular formula is C15H20F2N2O. The largest absolute Gasteiger partial charge is 0.380 e. The highest BCUT2D eigenvalue weighted by atomic mass is 19.1. The topological polar surface area (TPSA) is 32.3 Å². The van der Waals surface area contributed by atoms with Crippen LogP contribution in [0.4, 0.5) is 14.5 Å². The molecule has 1 saturated heterocycles. The predicted octanol–water partition coefficient (Wildman–Crippen LogP) is 3.41. The van der Waals surface area contributed by atoms with Crippen LogP contribution < -0.4 is 5.32 Å². The molecule has 0 aromatic heterocycles. The highest BCUT2D eigenvalue weighted by molar-refractivity contribution is 5.94. The molecule has 0 bridgehead atoms. The molecule has 3 nitrogen and oxygen atoms in total. The van der Waals surface area contributed by atoms with Crippen LogP contribution in [-0.2, 0) is 0 Å². The van der Waals surface area contributed by atoms with Crippen molar-refractivity contribution in [2.24, 2.45) is 0 Å². The first kappa shape index (κ1) is 14.8. The number of piperidine rings is 1. The van der Waals surface area contributed by atoms with Crippen molar-refractivity contribution in [2.75, 3.05) is 25.0 Å². The lowest BCUT2D eigenvalue weighted by Gasteiger charge is -2.26. The molecule has 0 aliphatic carbocycles. The van der Waals surface area contributed by atoms with Gasteiger partial charge in [-0.2, -0.15) is 0 Å². The molecule has 1 N–H and O–H groups in total. The summed E-state index contributed by atoms with van der Waals surface area (Å²) in [6.07, 6.45) is 3.78. The second-order valence-corrected chi connectivity index (χ2v) is 5.09. The molecule has 0 saturated carbocycles. The van der Waals surface area contributed by atoms with Crippen molar-refractivity contribution in [1.29, 1.82) is 0 Å². The highest BCUT2D eigenvalue weighted by Gasteiger charge is 2.21. The summed E-state index contributed by atoms with van der Waals surface area (Å²) in [6.45, 7) is 3.74. The Morgan fingerprint density at radius 2 is 1.80 bits per heavy atom. The third-order valence-corrected chi connectivity index (χ3v) is 3.48. The summed E-state index contributed by atoms with van der Waals surface area (Å²) in [5.41, 5.74) is -0.0639. The lowest BCUT2D eigenvalue weighted by atomic mass is 10.1. The summed E-state index contributed by atoms with van der Waals surface area (Å²) in [6, 6.07) is 2.25. The zero-order valence-corrected chi connectivity index (χ0v) is 11.7. The smallest absolute Gasteiger partial charge is 0.254 e. The summed E-state index contributed by atoms with van der Waals surface area (Å²) < 4.78 is 27.8. The Hall–Kier alpha value is -1.65. The van der Waals surface area contributed by atoms with E-state index in [0.29, 0.717) is 19.6 Å². The Balaban J connectivity index is 2.18. The highest BCUT2D eigenvalue weighted by Crippen LogP contribution is 2.22. The minimum Gasteiger partial charge on any atom is -0.380 e. The van der Waals surface area contributed by atoms with Gasteiger partial charge < -0.3 is 10.2 Å². The predicted molar refractivity (Wildman–Crippen MR) is 74.9 cm³/mol. The fourth-order valence-corrected chi connectivity index (χ4v) is 2.40. The number of carbonyl (C=O) groups excluding carboxylic acids is 1. The van der Waals surface area contributed by atoms with Crippen molar-refractivity contribution in [1.82, 2.24) is 4.90 Å². The molecular weight excluding hydrogens is 262 g/mol. The van der Waals surface area contributed by atoms with E-state index in [9.17, 15) is 13.6 Å². The second-order valence-electron chi connectivity index (χ2n) is 5.09. The molecule has 0 radical (unpaired) electrons. The van der Waals surface area contributed by atoms with Crippen LogP contribution in [0.1, 0.15) is 43.0 Å². The molecule has 0 spiro atoms. The minimum atomic E-state index is -0.709. The Morgan fingerprint density at radius 1 is 1.20 bits per heavy atom. The maximum atomic E-state index is 13.9. The molecule has 1 fully saturated rings. The van der Waals surface area contributed by atoms with Gasteiger partial charge in [0, 0.05) is 25.2 Å². The van der Waals surface area contributed by atoms with E-state index < -0.39 is 11.6 Å². The molecule has 1 heterocycles. The normalized spacial score (nSPS) is 15.2. The van der Waals surface area contributed by atoms with Crippen molar-refractivity contribution in [2.45, 2.75) is 32.6 Å². The van der Waals surface area contributed by atoms with Crippen LogP contribution in [0.5, 0.6) is 0 Å². The zero-order chi connectivity index (χ0) is 14.5. The maximum Gasteiger partial charge on any atom is 0.254 e. The van der Waals surface area contributed by atoms with Crippen LogP contribution in [0.15, 0.2) is 12.1 Å². The van der Waals surface area contributed by atoms with Crippen molar-refractivity contribution in [3.8, 4) is 0 Å². The quantitative estimate of drug-likeness (QED) is 0.917. The van der Waals surface area contributed by atoms with Crippen LogP contribution >= 0.6 is 0 Å². The van der Waals surface area contributed by atoms with Crippen LogP contribution in [0, 0.1) is 11.6 Å². The van der Waals surface area contributed by atoms with E-state index in [-0.39, 0.29) is 17.2 Å². The third kappa shape index (κ3) is 3.26. The fraction of sp³-hybridized carbons (Fsp3) is 0.533. The van der Waals surface area contributed by atoms with Gasteiger partial charge in [0.2, 0.25) is 0 Å². The average molecular weight is 282 g/mol. The number of nitrogens with one attached hydrogen (secondary N) is 1. The van der Waals surface area contributed by atoms with Crippen LogP contribution in [0.3, 0.4) is 0 Å². The first-order chi connectivity index (χ1) is 9.63. The molecule has 110 valence electrons. The number of halogens is 2. The second kappa shape index (κ2) is 6.68. The van der Waals surface area contributed by atoms with Gasteiger partial charge in [0.05, 0.1) is 0 Å². The van der Waals surface area contributed by atoms with E-state index in [1.54, 1.807) is 4.90 Å². The number of carbonyl (C=O) groups is 1. The molecule has 0 unspecified atom stereocenters. The Kier molecular flexibility index (Phi) is 4.93. The summed E-state index contributed by atoms with van der Waals surface area (Å²) in [7, 11) is 0. The Morgan fingerprint density at radius 3 is 2.35 bits per heavy atom. The Bertz CT molecular complexity index is 462. The first-order valence-corrected chi connectivity index (χ1v) is 7.15. The van der Waals surface area contributed by atoms with E-state index in [1.165, 1.54) is 0 Å². The monoisotopic (exact) mass is 282 g/mol. The molecule has 20 heavy (non-hydrogen) atoms. The number of benzene rings is 1. The van der Waals surface area contributed by atoms with Gasteiger partial charge in [0.15, 0.2) is 0 Å². The average Bonchev–Trinajstić information content (AvgIpc) is 2.46. The van der Waals surface area contributed by atoms with Crippen molar-refractivity contribution >= 4 is 11.6 Å². The zero-order valence-electron chi connectivity index (χ0n) is 11.7. The maximum absolute atomic E-state index is 13.9. The summed E-state index contributed by atoms with van der Waals surface area (Å²) >= 11 is 0. The van der Waals surface area contributed by atoms with Gasteiger partial charge in [-0.05, 0) is 37.8 Å². The van der Waals surface area contributed by atoms with Crippen molar-refractivity contribution < 1.29 is 13.6 Å². The van der Waals surface area contributed by atoms with Crippen molar-refractivity contribution in [3.05, 3.63) is 29.3 Å². The van der Waals surface area contributed by atoms with Crippen molar-refractivity contribution in [3.63, 3.8) is 0 Å². The summed E-state index contributed by atoms with van der Waals surface area (Å²) in [5, 5.41) is 2.70. The number of hydrogen-bond acceptors (Lipinski definition) is 2. The number of likely N-dealkylation sites (tertiary alicyclic amines) is 1. The molecule has 5 heteroatoms. The van der Waals surface area contributed by atoms with Gasteiger partial charge in [-0.15, -0.1) is 0 Å². The summed E-state index contributed by atoms with van der Waals surface area (Å²) in [5.74, 6) is -1.71. The van der Waals surface area contributed by atoms with Crippen LogP contribution in [0.25, 0.3) is 0 Å². The molecule has 1 amide bonds. The van der Waals surface area contributed by atoms with Gasteiger partial charge in [0.1, 0.15) is 17.3 Å². The van der Waals surface area contributed by atoms with Gasteiger partial charge in [-0.3, -0.25) is 4.79 Å². The standard InChI is InChI=1S/C15H20F2N2O/c1-2-6-18-14-12(16)9-11(10-13(14)17)15(20)19-7-4-3-5-8-19/h9-10,18H,2-8H2,1H3. The SMILES string of the molecule is CCCNc1c(F)cc(C(=O)N2CCCCC2)cc1F. The molecule has 0 atom stereocenters. The van der Waals surface area contributed by atoms with Gasteiger partial charge in [0.25, 0.3) is 5.91 Å². The number of hydrogen-bond donors (Lipinski definition) is 1. The Labute approximate surface area is 118 Å². The minimum absolute atomic E-state index is 0.0870. The molecule has 1 aliphatic rings. The van der Waals surface area contributed by atoms with E-state index in [0.717, 1.165) is 37.8 Å². The third-order valence-electron chi connectivity index (χ3n) is 3.48.